The van der Waals surface area contributed by atoms with Crippen LogP contribution in [0.15, 0.2) is 48.5 Å². The van der Waals surface area contributed by atoms with Crippen LogP contribution in [0, 0.1) is 13.8 Å². The molecule has 2 aliphatic rings. The van der Waals surface area contributed by atoms with Gasteiger partial charge in [-0.2, -0.15) is 9.97 Å². The van der Waals surface area contributed by atoms with Crippen molar-refractivity contribution in [2.45, 2.75) is 45.2 Å². The maximum Gasteiger partial charge on any atom is 0.226 e. The number of nitrogens with two attached hydrogens (primary N) is 3. The summed E-state index contributed by atoms with van der Waals surface area (Å²) in [6.45, 7) is 7.37. The Labute approximate surface area is 307 Å². The van der Waals surface area contributed by atoms with Gasteiger partial charge in [-0.15, -0.1) is 0 Å². The highest BCUT2D eigenvalue weighted by Gasteiger charge is 2.28. The molecule has 4 aromatic rings. The largest absolute Gasteiger partial charge is 0.399 e. The number of aromatic nitrogens is 4. The van der Waals surface area contributed by atoms with E-state index in [1.165, 1.54) is 0 Å². The van der Waals surface area contributed by atoms with Crippen LogP contribution in [0.4, 0.5) is 34.9 Å². The van der Waals surface area contributed by atoms with E-state index in [0.717, 1.165) is 54.3 Å². The van der Waals surface area contributed by atoms with Crippen LogP contribution in [0.1, 0.15) is 53.9 Å². The van der Waals surface area contributed by atoms with Crippen molar-refractivity contribution in [3.63, 3.8) is 0 Å². The van der Waals surface area contributed by atoms with Gasteiger partial charge in [0.05, 0.1) is 38.3 Å². The molecule has 2 atom stereocenters. The Balaban J connectivity index is 0.000000201. The van der Waals surface area contributed by atoms with E-state index >= 15 is 0 Å². The van der Waals surface area contributed by atoms with Gasteiger partial charge >= 0.3 is 0 Å². The van der Waals surface area contributed by atoms with Crippen LogP contribution in [0.2, 0.25) is 10.0 Å². The molecule has 2 fully saturated rings. The first-order valence-corrected chi connectivity index (χ1v) is 17.4. The van der Waals surface area contributed by atoms with Gasteiger partial charge in [0.2, 0.25) is 17.8 Å². The van der Waals surface area contributed by atoms with Crippen LogP contribution < -0.4 is 32.3 Å². The number of hydrogen-bond donors (Lipinski definition) is 5. The summed E-state index contributed by atoms with van der Waals surface area (Å²) in [4.78, 5) is 33.2. The number of rotatable bonds is 7. The first-order chi connectivity index (χ1) is 24.5. The summed E-state index contributed by atoms with van der Waals surface area (Å²) in [5, 5.41) is 12.9. The van der Waals surface area contributed by atoms with Gasteiger partial charge in [-0.1, -0.05) is 23.2 Å². The number of halogens is 2. The number of nitrogen functional groups attached to an aromatic ring is 3. The van der Waals surface area contributed by atoms with Crippen LogP contribution in [0.25, 0.3) is 0 Å². The van der Waals surface area contributed by atoms with Crippen molar-refractivity contribution >= 4 is 64.0 Å². The Bertz CT molecular complexity index is 1780. The predicted molar refractivity (Wildman–Crippen MR) is 201 cm³/mol. The van der Waals surface area contributed by atoms with Gasteiger partial charge in [0.1, 0.15) is 11.6 Å². The number of nitrogens with zero attached hydrogens (tertiary/aromatic N) is 6. The zero-order chi connectivity index (χ0) is 36.5. The summed E-state index contributed by atoms with van der Waals surface area (Å²) in [5.41, 5.74) is 22.3. The van der Waals surface area contributed by atoms with Crippen LogP contribution in [-0.4, -0.2) is 77.1 Å². The standard InChI is InChI=1S/C19H24ClN5O3.C16H20ClN5O/c1-12-9-17(24-19(21)22-12)25-6-2-8-28-11-16(25)14-10-13(3-4-15(14)20)23-18(27)5-7-26;1-10-7-15(21-16(19)20-10)22-5-2-6-23-9-14(22)12-8-11(18)3-4-13(12)17/h3-4,9-10,16,26H,2,5-8,11H2,1H3,(H,23,27)(H2,21,22,24);3-4,7-8,14H,2,5-6,9,18H2,1H3,(H2,19,20,21). The van der Waals surface area contributed by atoms with Crippen molar-refractivity contribution in [2.75, 3.05) is 78.4 Å². The Morgan fingerprint density at radius 1 is 0.804 bits per heavy atom. The van der Waals surface area contributed by atoms with Crippen LogP contribution in [-0.2, 0) is 14.3 Å². The normalized spacial score (nSPS) is 17.9. The van der Waals surface area contributed by atoms with Crippen molar-refractivity contribution in [1.82, 2.24) is 19.9 Å². The highest BCUT2D eigenvalue weighted by molar-refractivity contribution is 6.32. The molecular weight excluding hydrogens is 695 g/mol. The molecule has 6 rings (SSSR count). The molecule has 0 bridgehead atoms. The molecular formula is C35H44Cl2N10O4. The van der Waals surface area contributed by atoms with Gasteiger partial charge in [-0.05, 0) is 74.2 Å². The third-order valence-corrected chi connectivity index (χ3v) is 9.03. The Kier molecular flexibility index (Phi) is 13.1. The van der Waals surface area contributed by atoms with E-state index in [-0.39, 0.29) is 42.9 Å². The highest BCUT2D eigenvalue weighted by Crippen LogP contribution is 2.36. The Morgan fingerprint density at radius 2 is 1.31 bits per heavy atom. The van der Waals surface area contributed by atoms with E-state index in [1.807, 2.05) is 44.2 Å². The molecule has 2 saturated heterocycles. The average molecular weight is 740 g/mol. The quantitative estimate of drug-likeness (QED) is 0.161. The number of aliphatic hydroxyl groups excluding tert-OH is 1. The third kappa shape index (κ3) is 10.1. The van der Waals surface area contributed by atoms with Crippen molar-refractivity contribution in [2.24, 2.45) is 0 Å². The number of carbonyl (C=O) groups excluding carboxylic acids is 1. The lowest BCUT2D eigenvalue weighted by Crippen LogP contribution is -2.32. The van der Waals surface area contributed by atoms with Gasteiger partial charge in [0, 0.05) is 71.2 Å². The van der Waals surface area contributed by atoms with E-state index in [4.69, 9.17) is 55.0 Å². The molecule has 2 aliphatic heterocycles. The molecule has 2 aromatic heterocycles. The number of benzene rings is 2. The van der Waals surface area contributed by atoms with Crippen molar-refractivity contribution in [3.8, 4) is 0 Å². The SMILES string of the molecule is Cc1cc(N2CCCOCC2c2cc(N)ccc2Cl)nc(N)n1.Cc1cc(N2CCCOCC2c2cc(NC(=O)CCO)ccc2Cl)nc(N)n1. The van der Waals surface area contributed by atoms with Crippen LogP contribution >= 0.6 is 23.2 Å². The predicted octanol–water partition coefficient (Wildman–Crippen LogP) is 4.88. The summed E-state index contributed by atoms with van der Waals surface area (Å²) in [6.07, 6.45) is 1.78. The van der Waals surface area contributed by atoms with E-state index in [9.17, 15) is 4.79 Å². The van der Waals surface area contributed by atoms with E-state index in [1.54, 1.807) is 18.2 Å². The Hall–Kier alpha value is -4.47. The zero-order valence-corrected chi connectivity index (χ0v) is 30.2. The summed E-state index contributed by atoms with van der Waals surface area (Å²) in [7, 11) is 0. The highest BCUT2D eigenvalue weighted by atomic mass is 35.5. The lowest BCUT2D eigenvalue weighted by Gasteiger charge is -2.31. The summed E-state index contributed by atoms with van der Waals surface area (Å²) in [6, 6.07) is 14.4. The lowest BCUT2D eigenvalue weighted by molar-refractivity contribution is -0.116. The van der Waals surface area contributed by atoms with Gasteiger partial charge in [-0.25, -0.2) is 9.97 Å². The fraction of sp³-hybridized carbons (Fsp3) is 0.400. The van der Waals surface area contributed by atoms with Crippen molar-refractivity contribution in [3.05, 3.63) is 81.1 Å². The van der Waals surface area contributed by atoms with Crippen LogP contribution in [0.5, 0.6) is 0 Å². The zero-order valence-electron chi connectivity index (χ0n) is 28.7. The van der Waals surface area contributed by atoms with Gasteiger partial charge in [0.25, 0.3) is 0 Å². The molecule has 2 unspecified atom stereocenters. The molecule has 0 spiro atoms. The number of ether oxygens (including phenoxy) is 2. The summed E-state index contributed by atoms with van der Waals surface area (Å²) < 4.78 is 11.5. The molecule has 0 saturated carbocycles. The van der Waals surface area contributed by atoms with Gasteiger partial charge in [0.15, 0.2) is 0 Å². The molecule has 1 amide bonds. The number of nitrogens with one attached hydrogen (secondary N) is 1. The van der Waals surface area contributed by atoms with E-state index in [0.29, 0.717) is 53.7 Å². The minimum atomic E-state index is -0.260. The molecule has 4 heterocycles. The van der Waals surface area contributed by atoms with Crippen LogP contribution in [0.3, 0.4) is 0 Å². The number of carbonyl (C=O) groups is 1. The van der Waals surface area contributed by atoms with Gasteiger partial charge in [-0.3, -0.25) is 4.79 Å². The van der Waals surface area contributed by atoms with E-state index < -0.39 is 0 Å². The minimum Gasteiger partial charge on any atom is -0.399 e. The average Bonchev–Trinajstić information content (AvgIpc) is 3.48. The molecule has 8 N–H and O–H groups in total. The number of aryl methyl sites for hydroxylation is 2. The molecule has 14 nitrogen and oxygen atoms in total. The fourth-order valence-corrected chi connectivity index (χ4v) is 6.57. The first-order valence-electron chi connectivity index (χ1n) is 16.7. The molecule has 2 aromatic carbocycles. The monoisotopic (exact) mass is 738 g/mol. The summed E-state index contributed by atoms with van der Waals surface area (Å²) in [5.74, 6) is 1.72. The topological polar surface area (TPSA) is 204 Å². The number of hydrogen-bond acceptors (Lipinski definition) is 13. The van der Waals surface area contributed by atoms with Crippen molar-refractivity contribution < 1.29 is 19.4 Å². The maximum atomic E-state index is 11.8. The van der Waals surface area contributed by atoms with Crippen molar-refractivity contribution in [1.29, 1.82) is 0 Å². The molecule has 0 radical (unpaired) electrons. The molecule has 16 heteroatoms. The fourth-order valence-electron chi connectivity index (χ4n) is 6.08. The second-order valence-corrected chi connectivity index (χ2v) is 13.1. The first kappa shape index (κ1) is 37.8. The number of anilines is 6. The molecule has 51 heavy (non-hydrogen) atoms. The smallest absolute Gasteiger partial charge is 0.226 e. The minimum absolute atomic E-state index is 0.0378. The summed E-state index contributed by atoms with van der Waals surface area (Å²) >= 11 is 12.9. The van der Waals surface area contributed by atoms with Gasteiger partial charge < -0.3 is 46.9 Å². The third-order valence-electron chi connectivity index (χ3n) is 8.34. The molecule has 0 aliphatic carbocycles. The molecule has 272 valence electrons. The second kappa shape index (κ2) is 17.6. The number of amides is 1. The van der Waals surface area contributed by atoms with E-state index in [2.05, 4.69) is 35.1 Å². The maximum absolute atomic E-state index is 11.8. The second-order valence-electron chi connectivity index (χ2n) is 12.3. The number of aliphatic hydroxyl groups is 1. The lowest BCUT2D eigenvalue weighted by atomic mass is 10.0. The Morgan fingerprint density at radius 3 is 1.82 bits per heavy atom.